The number of hydrogen-bond donors (Lipinski definition) is 1. The first kappa shape index (κ1) is 20.4. The van der Waals surface area contributed by atoms with E-state index in [-0.39, 0.29) is 24.3 Å². The normalized spacial score (nSPS) is 26.6. The third-order valence-corrected chi connectivity index (χ3v) is 5.75. The van der Waals surface area contributed by atoms with E-state index in [0.717, 1.165) is 69.8 Å². The molecule has 3 saturated heterocycles. The van der Waals surface area contributed by atoms with Crippen LogP contribution in [-0.2, 0) is 14.2 Å². The number of anilines is 1. The second-order valence-corrected chi connectivity index (χ2v) is 8.08. The van der Waals surface area contributed by atoms with E-state index in [4.69, 9.17) is 18.9 Å². The zero-order valence-corrected chi connectivity index (χ0v) is 17.0. The number of ether oxygens (including phenoxy) is 4. The average Bonchev–Trinajstić information content (AvgIpc) is 3.51. The minimum absolute atomic E-state index is 0.107. The lowest BCUT2D eigenvalue weighted by Gasteiger charge is -2.28. The second-order valence-electron chi connectivity index (χ2n) is 8.08. The molecule has 1 aromatic carbocycles. The number of nitrogens with zero attached hydrogens (tertiary/aromatic N) is 1. The fraction of sp³-hybridized carbons (Fsp3) is 0.682. The molecule has 3 aliphatic heterocycles. The largest absolute Gasteiger partial charge is 0.491 e. The molecule has 1 N–H and O–H groups in total. The molecule has 0 spiro atoms. The molecular weight excluding hydrogens is 372 g/mol. The molecule has 7 nitrogen and oxygen atoms in total. The van der Waals surface area contributed by atoms with Crippen molar-refractivity contribution in [1.82, 2.24) is 4.90 Å². The highest BCUT2D eigenvalue weighted by atomic mass is 16.5. The van der Waals surface area contributed by atoms with E-state index in [1.165, 1.54) is 0 Å². The Kier molecular flexibility index (Phi) is 7.24. The van der Waals surface area contributed by atoms with Crippen molar-refractivity contribution in [2.45, 2.75) is 56.8 Å². The molecule has 0 saturated carbocycles. The summed E-state index contributed by atoms with van der Waals surface area (Å²) in [5, 5.41) is 3.01. The van der Waals surface area contributed by atoms with Crippen molar-refractivity contribution in [3.63, 3.8) is 0 Å². The van der Waals surface area contributed by atoms with E-state index in [0.29, 0.717) is 19.7 Å². The lowest BCUT2D eigenvalue weighted by atomic mass is 10.2. The van der Waals surface area contributed by atoms with Crippen molar-refractivity contribution >= 4 is 11.7 Å². The summed E-state index contributed by atoms with van der Waals surface area (Å²) >= 11 is 0. The maximum absolute atomic E-state index is 12.9. The number of rotatable bonds is 8. The summed E-state index contributed by atoms with van der Waals surface area (Å²) in [5.41, 5.74) is 0.754. The van der Waals surface area contributed by atoms with Gasteiger partial charge >= 0.3 is 6.03 Å². The molecule has 3 aliphatic rings. The highest BCUT2D eigenvalue weighted by molar-refractivity contribution is 5.89. The Morgan fingerprint density at radius 1 is 0.897 bits per heavy atom. The Bertz CT molecular complexity index is 617. The van der Waals surface area contributed by atoms with Crippen molar-refractivity contribution in [2.75, 3.05) is 44.8 Å². The zero-order valence-electron chi connectivity index (χ0n) is 17.0. The Hall–Kier alpha value is -1.83. The Morgan fingerprint density at radius 3 is 1.97 bits per heavy atom. The quantitative estimate of drug-likeness (QED) is 0.719. The standard InChI is InChI=1S/C22H32N2O5/c25-22(24(14-19-4-1-11-26-19)15-20-5-2-12-27-20)23-17-7-9-18(10-8-17)29-16-21-6-3-13-28-21/h7-10,19-21H,1-6,11-16H2,(H,23,25)/t19-,20-,21+/m0/s1. The number of benzene rings is 1. The van der Waals surface area contributed by atoms with Gasteiger partial charge in [0, 0.05) is 38.6 Å². The lowest BCUT2D eigenvalue weighted by molar-refractivity contribution is 0.0524. The van der Waals surface area contributed by atoms with E-state index >= 15 is 0 Å². The van der Waals surface area contributed by atoms with Crippen LogP contribution in [0.15, 0.2) is 24.3 Å². The first-order chi connectivity index (χ1) is 14.3. The topological polar surface area (TPSA) is 69.3 Å². The molecule has 3 heterocycles. The van der Waals surface area contributed by atoms with Crippen LogP contribution in [0.2, 0.25) is 0 Å². The van der Waals surface area contributed by atoms with Crippen molar-refractivity contribution < 1.29 is 23.7 Å². The summed E-state index contributed by atoms with van der Waals surface area (Å²) in [6.07, 6.45) is 6.73. The van der Waals surface area contributed by atoms with Gasteiger partial charge in [-0.25, -0.2) is 4.79 Å². The highest BCUT2D eigenvalue weighted by Crippen LogP contribution is 2.21. The molecule has 0 radical (unpaired) electrons. The molecular formula is C22H32N2O5. The number of carbonyl (C=O) groups excluding carboxylic acids is 1. The predicted octanol–water partition coefficient (Wildman–Crippen LogP) is 3.44. The molecule has 0 bridgehead atoms. The first-order valence-electron chi connectivity index (χ1n) is 10.9. The van der Waals surface area contributed by atoms with Crippen LogP contribution in [-0.4, -0.2) is 68.8 Å². The van der Waals surface area contributed by atoms with Gasteiger partial charge in [0.05, 0.1) is 18.3 Å². The van der Waals surface area contributed by atoms with Gasteiger partial charge in [0.25, 0.3) is 0 Å². The van der Waals surface area contributed by atoms with Gasteiger partial charge in [-0.05, 0) is 62.8 Å². The third kappa shape index (κ3) is 6.07. The molecule has 1 aromatic rings. The van der Waals surface area contributed by atoms with Crippen LogP contribution in [0.25, 0.3) is 0 Å². The number of amides is 2. The van der Waals surface area contributed by atoms with Crippen molar-refractivity contribution in [3.05, 3.63) is 24.3 Å². The van der Waals surface area contributed by atoms with Gasteiger partial charge in [0.2, 0.25) is 0 Å². The number of nitrogens with one attached hydrogen (secondary N) is 1. The van der Waals surface area contributed by atoms with Gasteiger partial charge < -0.3 is 29.2 Å². The molecule has 0 aromatic heterocycles. The molecule has 0 unspecified atom stereocenters. The first-order valence-corrected chi connectivity index (χ1v) is 10.9. The Balaban J connectivity index is 1.30. The maximum atomic E-state index is 12.9. The van der Waals surface area contributed by atoms with E-state index < -0.39 is 0 Å². The average molecular weight is 405 g/mol. The van der Waals surface area contributed by atoms with Crippen LogP contribution in [0.5, 0.6) is 5.75 Å². The highest BCUT2D eigenvalue weighted by Gasteiger charge is 2.27. The van der Waals surface area contributed by atoms with Gasteiger partial charge in [-0.1, -0.05) is 0 Å². The fourth-order valence-electron chi connectivity index (χ4n) is 4.11. The smallest absolute Gasteiger partial charge is 0.322 e. The van der Waals surface area contributed by atoms with Crippen molar-refractivity contribution in [3.8, 4) is 5.75 Å². The third-order valence-electron chi connectivity index (χ3n) is 5.75. The summed E-state index contributed by atoms with van der Waals surface area (Å²) in [6.45, 7) is 4.18. The van der Waals surface area contributed by atoms with E-state index in [9.17, 15) is 4.79 Å². The van der Waals surface area contributed by atoms with Crippen LogP contribution >= 0.6 is 0 Å². The van der Waals surface area contributed by atoms with Crippen molar-refractivity contribution in [1.29, 1.82) is 0 Å². The Labute approximate surface area is 172 Å². The van der Waals surface area contributed by atoms with E-state index in [1.807, 2.05) is 29.2 Å². The van der Waals surface area contributed by atoms with E-state index in [1.54, 1.807) is 0 Å². The maximum Gasteiger partial charge on any atom is 0.322 e. The lowest BCUT2D eigenvalue weighted by Crippen LogP contribution is -2.44. The summed E-state index contributed by atoms with van der Waals surface area (Å²) in [5.74, 6) is 0.786. The van der Waals surface area contributed by atoms with Gasteiger partial charge in [0.1, 0.15) is 12.4 Å². The minimum atomic E-state index is -0.107. The SMILES string of the molecule is O=C(Nc1ccc(OC[C@H]2CCCO2)cc1)N(C[C@@H]1CCCO1)C[C@@H]1CCCO1. The summed E-state index contributed by atoms with van der Waals surface area (Å²) in [4.78, 5) is 14.8. The van der Waals surface area contributed by atoms with Gasteiger partial charge in [-0.2, -0.15) is 0 Å². The van der Waals surface area contributed by atoms with E-state index in [2.05, 4.69) is 5.32 Å². The molecule has 3 fully saturated rings. The predicted molar refractivity (Wildman–Crippen MR) is 109 cm³/mol. The molecule has 29 heavy (non-hydrogen) atoms. The summed E-state index contributed by atoms with van der Waals surface area (Å²) in [6, 6.07) is 7.41. The van der Waals surface area contributed by atoms with Crippen LogP contribution < -0.4 is 10.1 Å². The summed E-state index contributed by atoms with van der Waals surface area (Å²) in [7, 11) is 0. The molecule has 4 rings (SSSR count). The number of urea groups is 1. The number of carbonyl (C=O) groups is 1. The van der Waals surface area contributed by atoms with Crippen LogP contribution in [0.3, 0.4) is 0 Å². The van der Waals surface area contributed by atoms with Gasteiger partial charge in [-0.3, -0.25) is 0 Å². The van der Waals surface area contributed by atoms with Crippen LogP contribution in [0.1, 0.15) is 38.5 Å². The monoisotopic (exact) mass is 404 g/mol. The number of hydrogen-bond acceptors (Lipinski definition) is 5. The minimum Gasteiger partial charge on any atom is -0.491 e. The van der Waals surface area contributed by atoms with Crippen LogP contribution in [0.4, 0.5) is 10.5 Å². The second kappa shape index (κ2) is 10.3. The van der Waals surface area contributed by atoms with Crippen LogP contribution in [0, 0.1) is 0 Å². The zero-order chi connectivity index (χ0) is 19.9. The fourth-order valence-corrected chi connectivity index (χ4v) is 4.11. The van der Waals surface area contributed by atoms with Gasteiger partial charge in [-0.15, -0.1) is 0 Å². The van der Waals surface area contributed by atoms with Gasteiger partial charge in [0.15, 0.2) is 0 Å². The molecule has 2 amide bonds. The molecule has 160 valence electrons. The van der Waals surface area contributed by atoms with Crippen molar-refractivity contribution in [2.24, 2.45) is 0 Å². The molecule has 7 heteroatoms. The Morgan fingerprint density at radius 2 is 1.45 bits per heavy atom. The summed E-state index contributed by atoms with van der Waals surface area (Å²) < 4.78 is 22.9. The molecule has 0 aliphatic carbocycles. The molecule has 3 atom stereocenters.